The lowest BCUT2D eigenvalue weighted by Gasteiger charge is -2.15. The van der Waals surface area contributed by atoms with Crippen LogP contribution >= 0.6 is 0 Å². The van der Waals surface area contributed by atoms with Crippen molar-refractivity contribution < 1.29 is 28.7 Å². The summed E-state index contributed by atoms with van der Waals surface area (Å²) in [6.07, 6.45) is 0. The second kappa shape index (κ2) is 8.23. The van der Waals surface area contributed by atoms with Crippen LogP contribution in [0, 0.1) is 0 Å². The Morgan fingerprint density at radius 1 is 0.774 bits per heavy atom. The standard InChI is InChI=1S/C24H17NO6/c1-30-23(28)16-11-9-15(10-12-16)14-31-24(29)17-5-4-6-18(13-17)25-21(26)19-7-2-3-8-20(19)22(25)27/h2-13H,14H2,1H3. The van der Waals surface area contributed by atoms with E-state index in [9.17, 15) is 19.2 Å². The number of benzene rings is 3. The van der Waals surface area contributed by atoms with E-state index < -0.39 is 23.8 Å². The Balaban J connectivity index is 1.47. The van der Waals surface area contributed by atoms with E-state index in [2.05, 4.69) is 4.74 Å². The second-order valence-corrected chi connectivity index (χ2v) is 6.81. The molecule has 0 radical (unpaired) electrons. The first-order chi connectivity index (χ1) is 15.0. The van der Waals surface area contributed by atoms with E-state index in [1.165, 1.54) is 13.2 Å². The van der Waals surface area contributed by atoms with Gasteiger partial charge in [0.1, 0.15) is 6.61 Å². The first kappa shape index (κ1) is 20.0. The maximum Gasteiger partial charge on any atom is 0.338 e. The van der Waals surface area contributed by atoms with Gasteiger partial charge in [-0.2, -0.15) is 0 Å². The second-order valence-electron chi connectivity index (χ2n) is 6.81. The number of amides is 2. The quantitative estimate of drug-likeness (QED) is 0.467. The van der Waals surface area contributed by atoms with Crippen LogP contribution in [0.4, 0.5) is 5.69 Å². The third-order valence-corrected chi connectivity index (χ3v) is 4.88. The van der Waals surface area contributed by atoms with Gasteiger partial charge in [0.25, 0.3) is 11.8 Å². The molecule has 3 aromatic carbocycles. The summed E-state index contributed by atoms with van der Waals surface area (Å²) >= 11 is 0. The molecule has 0 unspecified atom stereocenters. The van der Waals surface area contributed by atoms with Crippen LogP contribution in [0.1, 0.15) is 47.0 Å². The van der Waals surface area contributed by atoms with Crippen molar-refractivity contribution in [3.05, 3.63) is 101 Å². The van der Waals surface area contributed by atoms with Crippen molar-refractivity contribution in [3.8, 4) is 0 Å². The SMILES string of the molecule is COC(=O)c1ccc(COC(=O)c2cccc(N3C(=O)c4ccccc4C3=O)c2)cc1. The number of carbonyl (C=O) groups is 4. The summed E-state index contributed by atoms with van der Waals surface area (Å²) in [6, 6.07) is 19.2. The molecule has 0 N–H and O–H groups in total. The van der Waals surface area contributed by atoms with E-state index in [-0.39, 0.29) is 12.2 Å². The summed E-state index contributed by atoms with van der Waals surface area (Å²) in [4.78, 5) is 50.3. The highest BCUT2D eigenvalue weighted by atomic mass is 16.5. The van der Waals surface area contributed by atoms with Crippen LogP contribution in [-0.4, -0.2) is 30.9 Å². The molecule has 31 heavy (non-hydrogen) atoms. The molecule has 2 amide bonds. The van der Waals surface area contributed by atoms with Crippen molar-refractivity contribution >= 4 is 29.4 Å². The highest BCUT2D eigenvalue weighted by Crippen LogP contribution is 2.28. The number of carbonyl (C=O) groups excluding carboxylic acids is 4. The number of fused-ring (bicyclic) bond motifs is 1. The summed E-state index contributed by atoms with van der Waals surface area (Å²) in [5.74, 6) is -1.92. The lowest BCUT2D eigenvalue weighted by atomic mass is 10.1. The maximum atomic E-state index is 12.7. The van der Waals surface area contributed by atoms with Crippen LogP contribution in [0.3, 0.4) is 0 Å². The lowest BCUT2D eigenvalue weighted by Crippen LogP contribution is -2.29. The fourth-order valence-electron chi connectivity index (χ4n) is 3.28. The first-order valence-electron chi connectivity index (χ1n) is 9.42. The van der Waals surface area contributed by atoms with Gasteiger partial charge in [-0.1, -0.05) is 30.3 Å². The number of hydrogen-bond donors (Lipinski definition) is 0. The predicted octanol–water partition coefficient (Wildman–Crippen LogP) is 3.63. The minimum atomic E-state index is -0.601. The van der Waals surface area contributed by atoms with Gasteiger partial charge in [-0.15, -0.1) is 0 Å². The average molecular weight is 415 g/mol. The van der Waals surface area contributed by atoms with Crippen LogP contribution in [0.2, 0.25) is 0 Å². The third kappa shape index (κ3) is 3.81. The van der Waals surface area contributed by atoms with Gasteiger partial charge >= 0.3 is 11.9 Å². The number of esters is 2. The van der Waals surface area contributed by atoms with Crippen molar-refractivity contribution in [2.75, 3.05) is 12.0 Å². The van der Waals surface area contributed by atoms with E-state index in [1.807, 2.05) is 0 Å². The maximum absolute atomic E-state index is 12.7. The topological polar surface area (TPSA) is 90.0 Å². The van der Waals surface area contributed by atoms with Crippen LogP contribution < -0.4 is 4.90 Å². The molecule has 0 saturated carbocycles. The summed E-state index contributed by atoms with van der Waals surface area (Å²) in [7, 11) is 1.30. The summed E-state index contributed by atoms with van der Waals surface area (Å²) in [5.41, 5.74) is 2.25. The molecule has 0 spiro atoms. The summed E-state index contributed by atoms with van der Waals surface area (Å²) in [6.45, 7) is -0.00245. The minimum absolute atomic E-state index is 0.00245. The number of nitrogens with zero attached hydrogens (tertiary/aromatic N) is 1. The molecule has 154 valence electrons. The molecule has 0 aliphatic carbocycles. The number of hydrogen-bond acceptors (Lipinski definition) is 6. The number of rotatable bonds is 5. The number of ether oxygens (including phenoxy) is 2. The highest BCUT2D eigenvalue weighted by Gasteiger charge is 2.36. The first-order valence-corrected chi connectivity index (χ1v) is 9.42. The molecule has 1 aliphatic heterocycles. The fourth-order valence-corrected chi connectivity index (χ4v) is 3.28. The summed E-state index contributed by atoms with van der Waals surface area (Å²) in [5, 5.41) is 0. The minimum Gasteiger partial charge on any atom is -0.465 e. The molecule has 1 heterocycles. The van der Waals surface area contributed by atoms with Gasteiger partial charge in [-0.05, 0) is 48.0 Å². The van der Waals surface area contributed by atoms with Gasteiger partial charge in [0.05, 0.1) is 35.1 Å². The van der Waals surface area contributed by atoms with E-state index in [4.69, 9.17) is 4.74 Å². The fraction of sp³-hybridized carbons (Fsp3) is 0.0833. The third-order valence-electron chi connectivity index (χ3n) is 4.88. The Hall–Kier alpha value is -4.26. The monoisotopic (exact) mass is 415 g/mol. The zero-order chi connectivity index (χ0) is 22.0. The van der Waals surface area contributed by atoms with Crippen LogP contribution in [0.15, 0.2) is 72.8 Å². The van der Waals surface area contributed by atoms with E-state index in [1.54, 1.807) is 66.7 Å². The molecule has 7 heteroatoms. The van der Waals surface area contributed by atoms with Crippen LogP contribution in [-0.2, 0) is 16.1 Å². The molecule has 0 bridgehead atoms. The number of imide groups is 1. The molecule has 3 aromatic rings. The van der Waals surface area contributed by atoms with Crippen LogP contribution in [0.25, 0.3) is 0 Å². The van der Waals surface area contributed by atoms with Crippen molar-refractivity contribution in [1.29, 1.82) is 0 Å². The van der Waals surface area contributed by atoms with E-state index in [0.29, 0.717) is 27.9 Å². The lowest BCUT2D eigenvalue weighted by molar-refractivity contribution is 0.0471. The Bertz CT molecular complexity index is 1160. The average Bonchev–Trinajstić information content (AvgIpc) is 3.07. The molecule has 1 aliphatic rings. The van der Waals surface area contributed by atoms with Gasteiger partial charge in [0.15, 0.2) is 0 Å². The van der Waals surface area contributed by atoms with Gasteiger partial charge in [0, 0.05) is 0 Å². The van der Waals surface area contributed by atoms with E-state index >= 15 is 0 Å². The molecule has 7 nitrogen and oxygen atoms in total. The molecular weight excluding hydrogens is 398 g/mol. The highest BCUT2D eigenvalue weighted by molar-refractivity contribution is 6.34. The largest absolute Gasteiger partial charge is 0.465 e. The molecule has 4 rings (SSSR count). The Kier molecular flexibility index (Phi) is 5.32. The van der Waals surface area contributed by atoms with Crippen molar-refractivity contribution in [1.82, 2.24) is 0 Å². The van der Waals surface area contributed by atoms with Crippen molar-refractivity contribution in [3.63, 3.8) is 0 Å². The summed E-state index contributed by atoms with van der Waals surface area (Å²) < 4.78 is 9.98. The van der Waals surface area contributed by atoms with Crippen molar-refractivity contribution in [2.24, 2.45) is 0 Å². The Morgan fingerprint density at radius 2 is 1.42 bits per heavy atom. The van der Waals surface area contributed by atoms with Crippen LogP contribution in [0.5, 0.6) is 0 Å². The molecule has 0 saturated heterocycles. The zero-order valence-electron chi connectivity index (χ0n) is 16.5. The van der Waals surface area contributed by atoms with Crippen molar-refractivity contribution in [2.45, 2.75) is 6.61 Å². The van der Waals surface area contributed by atoms with Gasteiger partial charge in [-0.25, -0.2) is 14.5 Å². The van der Waals surface area contributed by atoms with Gasteiger partial charge in [0.2, 0.25) is 0 Å². The molecule has 0 fully saturated rings. The number of methoxy groups -OCH3 is 1. The van der Waals surface area contributed by atoms with Gasteiger partial charge in [-0.3, -0.25) is 9.59 Å². The predicted molar refractivity (Wildman–Crippen MR) is 111 cm³/mol. The van der Waals surface area contributed by atoms with Gasteiger partial charge < -0.3 is 9.47 Å². The Morgan fingerprint density at radius 3 is 2.03 bits per heavy atom. The zero-order valence-corrected chi connectivity index (χ0v) is 16.5. The normalized spacial score (nSPS) is 12.5. The Labute approximate surface area is 177 Å². The number of anilines is 1. The molecule has 0 aromatic heterocycles. The molecular formula is C24H17NO6. The van der Waals surface area contributed by atoms with E-state index in [0.717, 1.165) is 4.90 Å². The molecule has 0 atom stereocenters. The smallest absolute Gasteiger partial charge is 0.338 e.